The molecule has 0 amide bonds. The molecule has 0 fully saturated rings. The normalized spacial score (nSPS) is 12.5. The Morgan fingerprint density at radius 2 is 1.89 bits per heavy atom. The molecule has 2 aromatic rings. The van der Waals surface area contributed by atoms with E-state index in [1.54, 1.807) is 18.2 Å². The van der Waals surface area contributed by atoms with Gasteiger partial charge >= 0.3 is 0 Å². The summed E-state index contributed by atoms with van der Waals surface area (Å²) in [6.07, 6.45) is -0.344. The molecule has 0 bridgehead atoms. The van der Waals surface area contributed by atoms with E-state index >= 15 is 0 Å². The van der Waals surface area contributed by atoms with Crippen molar-refractivity contribution in [1.29, 1.82) is 0 Å². The smallest absolute Gasteiger partial charge is 0.141 e. The van der Waals surface area contributed by atoms with Gasteiger partial charge in [0.15, 0.2) is 0 Å². The van der Waals surface area contributed by atoms with Gasteiger partial charge in [-0.3, -0.25) is 0 Å². The van der Waals surface area contributed by atoms with E-state index in [2.05, 4.69) is 22.6 Å². The quantitative estimate of drug-likeness (QED) is 0.705. The molecule has 1 atom stereocenters. The van der Waals surface area contributed by atoms with Crippen molar-refractivity contribution < 1.29 is 9.50 Å². The zero-order chi connectivity index (χ0) is 14.0. The van der Waals surface area contributed by atoms with Crippen LogP contribution in [0.4, 0.5) is 4.39 Å². The molecule has 1 N–H and O–H groups in total. The maximum absolute atomic E-state index is 13.1. The fraction of sp³-hybridized carbons (Fsp3) is 0.143. The van der Waals surface area contributed by atoms with Crippen LogP contribution in [-0.4, -0.2) is 5.11 Å². The number of halogens is 4. The maximum atomic E-state index is 13.1. The zero-order valence-corrected chi connectivity index (χ0v) is 13.4. The highest BCUT2D eigenvalue weighted by Crippen LogP contribution is 2.27. The van der Waals surface area contributed by atoms with Gasteiger partial charge < -0.3 is 5.11 Å². The van der Waals surface area contributed by atoms with Crippen molar-refractivity contribution in [2.45, 2.75) is 12.5 Å². The van der Waals surface area contributed by atoms with Crippen molar-refractivity contribution in [3.05, 3.63) is 67.0 Å². The number of aliphatic hydroxyl groups is 1. The standard InChI is InChI=1S/C14H10Cl2FIO/c15-9-2-4-13(18)10(7-9)14(19)6-8-1-3-12(17)11(16)5-8/h1-5,7,14,19H,6H2. The lowest BCUT2D eigenvalue weighted by atomic mass is 10.0. The lowest BCUT2D eigenvalue weighted by molar-refractivity contribution is 0.177. The molecule has 0 radical (unpaired) electrons. The Bertz CT molecular complexity index is 604. The van der Waals surface area contributed by atoms with Gasteiger partial charge in [0, 0.05) is 15.0 Å². The van der Waals surface area contributed by atoms with E-state index in [4.69, 9.17) is 23.2 Å². The van der Waals surface area contributed by atoms with Gasteiger partial charge in [0.1, 0.15) is 5.82 Å². The molecular weight excluding hydrogens is 401 g/mol. The first-order chi connectivity index (χ1) is 8.97. The number of hydrogen-bond acceptors (Lipinski definition) is 1. The largest absolute Gasteiger partial charge is 0.388 e. The first-order valence-corrected chi connectivity index (χ1v) is 7.38. The van der Waals surface area contributed by atoms with E-state index < -0.39 is 11.9 Å². The van der Waals surface area contributed by atoms with Crippen LogP contribution in [0, 0.1) is 9.39 Å². The summed E-state index contributed by atoms with van der Waals surface area (Å²) in [6.45, 7) is 0. The molecule has 1 nitrogen and oxygen atoms in total. The molecule has 0 aromatic heterocycles. The Balaban J connectivity index is 2.22. The molecule has 2 aromatic carbocycles. The van der Waals surface area contributed by atoms with Crippen LogP contribution in [0.5, 0.6) is 0 Å². The predicted molar refractivity (Wildman–Crippen MR) is 84.2 cm³/mol. The Kier molecular flexibility index (Phi) is 5.06. The van der Waals surface area contributed by atoms with Gasteiger partial charge in [0.05, 0.1) is 11.1 Å². The van der Waals surface area contributed by atoms with Crippen molar-refractivity contribution in [2.75, 3.05) is 0 Å². The first kappa shape index (κ1) is 15.0. The van der Waals surface area contributed by atoms with Gasteiger partial charge in [-0.1, -0.05) is 29.3 Å². The van der Waals surface area contributed by atoms with Crippen LogP contribution in [0.2, 0.25) is 10.0 Å². The van der Waals surface area contributed by atoms with Crippen molar-refractivity contribution in [1.82, 2.24) is 0 Å². The summed E-state index contributed by atoms with van der Waals surface area (Å²) in [5.74, 6) is -0.461. The lowest BCUT2D eigenvalue weighted by Gasteiger charge is -2.13. The Hall–Kier alpha value is -0.360. The van der Waals surface area contributed by atoms with Crippen LogP contribution in [0.15, 0.2) is 36.4 Å². The molecule has 0 aliphatic heterocycles. The SMILES string of the molecule is OC(Cc1ccc(F)c(Cl)c1)c1cc(Cl)ccc1I. The third-order valence-corrected chi connectivity index (χ3v) is 4.24. The molecule has 19 heavy (non-hydrogen) atoms. The Labute approximate surface area is 134 Å². The molecule has 0 heterocycles. The molecule has 5 heteroatoms. The molecule has 1 unspecified atom stereocenters. The summed E-state index contributed by atoms with van der Waals surface area (Å²) in [5.41, 5.74) is 1.53. The van der Waals surface area contributed by atoms with Crippen LogP contribution in [-0.2, 0) is 6.42 Å². The van der Waals surface area contributed by atoms with Crippen LogP contribution in [0.3, 0.4) is 0 Å². The van der Waals surface area contributed by atoms with Crippen molar-refractivity contribution in [3.63, 3.8) is 0 Å². The average molecular weight is 411 g/mol. The Morgan fingerprint density at radius 3 is 2.58 bits per heavy atom. The third-order valence-electron chi connectivity index (χ3n) is 2.73. The minimum atomic E-state index is -0.702. The summed E-state index contributed by atoms with van der Waals surface area (Å²) in [7, 11) is 0. The van der Waals surface area contributed by atoms with Crippen molar-refractivity contribution >= 4 is 45.8 Å². The van der Waals surface area contributed by atoms with E-state index in [9.17, 15) is 9.50 Å². The second-order valence-corrected chi connectivity index (χ2v) is 6.14. The van der Waals surface area contributed by atoms with Gasteiger partial charge in [-0.05, 0) is 64.0 Å². The maximum Gasteiger partial charge on any atom is 0.141 e. The number of benzene rings is 2. The summed E-state index contributed by atoms with van der Waals surface area (Å²) in [5, 5.41) is 10.9. The summed E-state index contributed by atoms with van der Waals surface area (Å²) in [4.78, 5) is 0. The molecular formula is C14H10Cl2FIO. The molecule has 0 saturated heterocycles. The number of aliphatic hydroxyl groups excluding tert-OH is 1. The number of rotatable bonds is 3. The van der Waals surface area contributed by atoms with Crippen LogP contribution in [0.25, 0.3) is 0 Å². The van der Waals surface area contributed by atoms with E-state index in [0.29, 0.717) is 11.4 Å². The fourth-order valence-electron chi connectivity index (χ4n) is 1.77. The monoisotopic (exact) mass is 410 g/mol. The van der Waals surface area contributed by atoms with Crippen LogP contribution < -0.4 is 0 Å². The summed E-state index contributed by atoms with van der Waals surface area (Å²) < 4.78 is 14.0. The second-order valence-electron chi connectivity index (χ2n) is 4.13. The van der Waals surface area contributed by atoms with Gasteiger partial charge in [0.2, 0.25) is 0 Å². The minimum Gasteiger partial charge on any atom is -0.388 e. The van der Waals surface area contributed by atoms with E-state index in [1.807, 2.05) is 6.07 Å². The van der Waals surface area contributed by atoms with Gasteiger partial charge in [0.25, 0.3) is 0 Å². The first-order valence-electron chi connectivity index (χ1n) is 5.54. The lowest BCUT2D eigenvalue weighted by Crippen LogP contribution is -2.04. The molecule has 100 valence electrons. The third kappa shape index (κ3) is 3.81. The summed E-state index contributed by atoms with van der Waals surface area (Å²) in [6, 6.07) is 9.79. The van der Waals surface area contributed by atoms with E-state index in [1.165, 1.54) is 12.1 Å². The second kappa shape index (κ2) is 6.39. The fourth-order valence-corrected chi connectivity index (χ4v) is 2.85. The minimum absolute atomic E-state index is 0.0606. The van der Waals surface area contributed by atoms with Crippen LogP contribution >= 0.6 is 45.8 Å². The highest BCUT2D eigenvalue weighted by molar-refractivity contribution is 14.1. The molecule has 0 aliphatic carbocycles. The topological polar surface area (TPSA) is 20.2 Å². The average Bonchev–Trinajstić information content (AvgIpc) is 2.36. The van der Waals surface area contributed by atoms with Gasteiger partial charge in [-0.25, -0.2) is 4.39 Å². The predicted octanol–water partition coefficient (Wildman–Crippen LogP) is 5.01. The summed E-state index contributed by atoms with van der Waals surface area (Å²) >= 11 is 13.8. The van der Waals surface area contributed by atoms with Crippen molar-refractivity contribution in [2.24, 2.45) is 0 Å². The van der Waals surface area contributed by atoms with Gasteiger partial charge in [-0.15, -0.1) is 0 Å². The molecule has 0 saturated carbocycles. The van der Waals surface area contributed by atoms with E-state index in [-0.39, 0.29) is 5.02 Å². The van der Waals surface area contributed by atoms with E-state index in [0.717, 1.165) is 14.7 Å². The molecule has 2 rings (SSSR count). The van der Waals surface area contributed by atoms with Gasteiger partial charge in [-0.2, -0.15) is 0 Å². The zero-order valence-electron chi connectivity index (χ0n) is 9.71. The number of hydrogen-bond donors (Lipinski definition) is 1. The highest BCUT2D eigenvalue weighted by atomic mass is 127. The highest BCUT2D eigenvalue weighted by Gasteiger charge is 2.13. The van der Waals surface area contributed by atoms with Crippen molar-refractivity contribution in [3.8, 4) is 0 Å². The molecule has 0 aliphatic rings. The Morgan fingerprint density at radius 1 is 1.16 bits per heavy atom. The van der Waals surface area contributed by atoms with Crippen LogP contribution in [0.1, 0.15) is 17.2 Å². The molecule has 0 spiro atoms.